The topological polar surface area (TPSA) is 60.4 Å². The SMILES string of the molecule is CCNC(=NCC(C)N(C)C1CC1)N1CCN(C(=O)C2CCCO2)CC1.I. The predicted molar refractivity (Wildman–Crippen MR) is 119 cm³/mol. The molecule has 2 saturated heterocycles. The summed E-state index contributed by atoms with van der Waals surface area (Å²) in [4.78, 5) is 24.1. The van der Waals surface area contributed by atoms with Crippen LogP contribution in [0, 0.1) is 0 Å². The van der Waals surface area contributed by atoms with Gasteiger partial charge in [-0.2, -0.15) is 0 Å². The van der Waals surface area contributed by atoms with E-state index in [2.05, 4.69) is 36.0 Å². The van der Waals surface area contributed by atoms with Gasteiger partial charge in [-0.1, -0.05) is 0 Å². The Kier molecular flexibility index (Phi) is 9.07. The van der Waals surface area contributed by atoms with Crippen LogP contribution in [0.2, 0.25) is 0 Å². The molecule has 2 atom stereocenters. The Balaban J connectivity index is 0.00000261. The largest absolute Gasteiger partial charge is 0.368 e. The highest BCUT2D eigenvalue weighted by Gasteiger charge is 2.31. The number of nitrogens with zero attached hydrogens (tertiary/aromatic N) is 4. The zero-order chi connectivity index (χ0) is 18.5. The molecule has 2 unspecified atom stereocenters. The van der Waals surface area contributed by atoms with Crippen molar-refractivity contribution >= 4 is 35.8 Å². The minimum Gasteiger partial charge on any atom is -0.368 e. The molecule has 2 aliphatic heterocycles. The highest BCUT2D eigenvalue weighted by Crippen LogP contribution is 2.26. The Morgan fingerprint density at radius 3 is 2.44 bits per heavy atom. The second kappa shape index (κ2) is 10.8. The Morgan fingerprint density at radius 1 is 1.22 bits per heavy atom. The van der Waals surface area contributed by atoms with Crippen LogP contribution in [0.5, 0.6) is 0 Å². The Bertz CT molecular complexity index is 500. The van der Waals surface area contributed by atoms with Crippen LogP contribution in [0.1, 0.15) is 39.5 Å². The average Bonchev–Trinajstić information content (AvgIpc) is 3.37. The third-order valence-corrected chi connectivity index (χ3v) is 5.75. The lowest BCUT2D eigenvalue weighted by Gasteiger charge is -2.37. The van der Waals surface area contributed by atoms with Gasteiger partial charge < -0.3 is 19.9 Å². The number of guanidine groups is 1. The van der Waals surface area contributed by atoms with Crippen LogP contribution in [0.4, 0.5) is 0 Å². The molecule has 3 rings (SSSR count). The van der Waals surface area contributed by atoms with Gasteiger partial charge >= 0.3 is 0 Å². The van der Waals surface area contributed by atoms with E-state index >= 15 is 0 Å². The van der Waals surface area contributed by atoms with Gasteiger partial charge in [0.25, 0.3) is 5.91 Å². The van der Waals surface area contributed by atoms with Crippen LogP contribution in [0.25, 0.3) is 0 Å². The van der Waals surface area contributed by atoms with Crippen LogP contribution in [0.3, 0.4) is 0 Å². The molecule has 1 N–H and O–H groups in total. The third-order valence-electron chi connectivity index (χ3n) is 5.75. The molecule has 156 valence electrons. The second-order valence-corrected chi connectivity index (χ2v) is 7.75. The van der Waals surface area contributed by atoms with Gasteiger partial charge in [0.1, 0.15) is 6.10 Å². The Morgan fingerprint density at radius 2 is 1.89 bits per heavy atom. The second-order valence-electron chi connectivity index (χ2n) is 7.75. The van der Waals surface area contributed by atoms with Crippen molar-refractivity contribution in [1.29, 1.82) is 0 Å². The van der Waals surface area contributed by atoms with Gasteiger partial charge in [-0.15, -0.1) is 24.0 Å². The minimum atomic E-state index is -0.206. The van der Waals surface area contributed by atoms with Crippen LogP contribution >= 0.6 is 24.0 Å². The predicted octanol–water partition coefficient (Wildman–Crippen LogP) is 1.38. The van der Waals surface area contributed by atoms with Gasteiger partial charge in [0.15, 0.2) is 5.96 Å². The highest BCUT2D eigenvalue weighted by molar-refractivity contribution is 14.0. The minimum absolute atomic E-state index is 0. The molecule has 0 aromatic rings. The molecular weight excluding hydrogens is 457 g/mol. The van der Waals surface area contributed by atoms with Gasteiger partial charge in [0.2, 0.25) is 0 Å². The van der Waals surface area contributed by atoms with Crippen molar-refractivity contribution in [3.05, 3.63) is 0 Å². The van der Waals surface area contributed by atoms with Crippen molar-refractivity contribution in [3.63, 3.8) is 0 Å². The van der Waals surface area contributed by atoms with Crippen molar-refractivity contribution in [2.75, 3.05) is 52.9 Å². The number of hydrogen-bond acceptors (Lipinski definition) is 4. The first kappa shape index (κ1) is 22.7. The van der Waals surface area contributed by atoms with Crippen molar-refractivity contribution < 1.29 is 9.53 Å². The number of piperazine rings is 1. The first-order valence-electron chi connectivity index (χ1n) is 10.3. The number of nitrogens with one attached hydrogen (secondary N) is 1. The molecule has 0 aromatic carbocycles. The molecule has 7 nitrogen and oxygen atoms in total. The fourth-order valence-electron chi connectivity index (χ4n) is 3.73. The highest BCUT2D eigenvalue weighted by atomic mass is 127. The summed E-state index contributed by atoms with van der Waals surface area (Å²) >= 11 is 0. The van der Waals surface area contributed by atoms with Gasteiger partial charge in [0.05, 0.1) is 6.54 Å². The number of aliphatic imine (C=N–C) groups is 1. The molecule has 3 fully saturated rings. The van der Waals surface area contributed by atoms with E-state index in [-0.39, 0.29) is 36.0 Å². The zero-order valence-electron chi connectivity index (χ0n) is 17.0. The number of likely N-dealkylation sites (N-methyl/N-ethyl adjacent to an activating group) is 1. The lowest BCUT2D eigenvalue weighted by atomic mass is 10.2. The molecule has 1 amide bonds. The van der Waals surface area contributed by atoms with E-state index in [1.807, 2.05) is 4.90 Å². The molecule has 2 heterocycles. The summed E-state index contributed by atoms with van der Waals surface area (Å²) in [6, 6.07) is 1.22. The molecule has 27 heavy (non-hydrogen) atoms. The third kappa shape index (κ3) is 6.19. The zero-order valence-corrected chi connectivity index (χ0v) is 19.4. The lowest BCUT2D eigenvalue weighted by Crippen LogP contribution is -2.55. The fraction of sp³-hybridized carbons (Fsp3) is 0.895. The van der Waals surface area contributed by atoms with Crippen molar-refractivity contribution in [1.82, 2.24) is 20.0 Å². The van der Waals surface area contributed by atoms with Crippen molar-refractivity contribution in [2.45, 2.75) is 57.7 Å². The van der Waals surface area contributed by atoms with E-state index in [0.717, 1.165) is 70.7 Å². The van der Waals surface area contributed by atoms with E-state index < -0.39 is 0 Å². The number of carbonyl (C=O) groups is 1. The number of hydrogen-bond donors (Lipinski definition) is 1. The standard InChI is InChI=1S/C19H35N5O2.HI/c1-4-20-19(21-14-15(2)22(3)16-7-8-16)24-11-9-23(10-12-24)18(25)17-6-5-13-26-17;/h15-17H,4-14H2,1-3H3,(H,20,21);1H. The molecule has 0 radical (unpaired) electrons. The van der Waals surface area contributed by atoms with Crippen LogP contribution in [-0.4, -0.2) is 97.7 Å². The molecule has 0 aromatic heterocycles. The maximum absolute atomic E-state index is 12.5. The monoisotopic (exact) mass is 493 g/mol. The summed E-state index contributed by atoms with van der Waals surface area (Å²) in [6.45, 7) is 9.91. The first-order chi connectivity index (χ1) is 12.6. The quantitative estimate of drug-likeness (QED) is 0.344. The number of halogens is 1. The van der Waals surface area contributed by atoms with E-state index in [9.17, 15) is 4.79 Å². The first-order valence-corrected chi connectivity index (χ1v) is 10.3. The lowest BCUT2D eigenvalue weighted by molar-refractivity contribution is -0.142. The molecule has 1 aliphatic carbocycles. The molecule has 3 aliphatic rings. The van der Waals surface area contributed by atoms with Crippen LogP contribution in [0.15, 0.2) is 4.99 Å². The van der Waals surface area contributed by atoms with Gasteiger partial charge in [-0.05, 0) is 46.6 Å². The Labute approximate surface area is 180 Å². The summed E-state index contributed by atoms with van der Waals surface area (Å²) in [5, 5.41) is 3.42. The van der Waals surface area contributed by atoms with Crippen molar-refractivity contribution in [2.24, 2.45) is 4.99 Å². The molecule has 8 heteroatoms. The summed E-state index contributed by atoms with van der Waals surface area (Å²) in [6.07, 6.45) is 4.31. The van der Waals surface area contributed by atoms with E-state index in [0.29, 0.717) is 6.04 Å². The molecule has 0 spiro atoms. The number of carbonyl (C=O) groups excluding carboxylic acids is 1. The Hall–Kier alpha value is -0.610. The van der Waals surface area contributed by atoms with Crippen molar-refractivity contribution in [3.8, 4) is 0 Å². The summed E-state index contributed by atoms with van der Waals surface area (Å²) in [5.74, 6) is 1.15. The normalized spacial score (nSPS) is 24.7. The number of amides is 1. The molecule has 1 saturated carbocycles. The fourth-order valence-corrected chi connectivity index (χ4v) is 3.73. The maximum Gasteiger partial charge on any atom is 0.251 e. The number of ether oxygens (including phenoxy) is 1. The molecular formula is C19H36IN5O2. The summed E-state index contributed by atoms with van der Waals surface area (Å²) in [7, 11) is 2.21. The van der Waals surface area contributed by atoms with Gasteiger partial charge in [-0.3, -0.25) is 14.7 Å². The van der Waals surface area contributed by atoms with Crippen LogP contribution in [-0.2, 0) is 9.53 Å². The van der Waals surface area contributed by atoms with E-state index in [1.165, 1.54) is 12.8 Å². The van der Waals surface area contributed by atoms with Gasteiger partial charge in [0, 0.05) is 51.4 Å². The van der Waals surface area contributed by atoms with E-state index in [1.54, 1.807) is 0 Å². The summed E-state index contributed by atoms with van der Waals surface area (Å²) in [5.41, 5.74) is 0. The average molecular weight is 493 g/mol. The van der Waals surface area contributed by atoms with Crippen LogP contribution < -0.4 is 5.32 Å². The van der Waals surface area contributed by atoms with E-state index in [4.69, 9.17) is 9.73 Å². The smallest absolute Gasteiger partial charge is 0.251 e. The molecule has 0 bridgehead atoms. The summed E-state index contributed by atoms with van der Waals surface area (Å²) < 4.78 is 5.55. The number of rotatable bonds is 6. The van der Waals surface area contributed by atoms with Gasteiger partial charge in [-0.25, -0.2) is 0 Å². The maximum atomic E-state index is 12.5.